The summed E-state index contributed by atoms with van der Waals surface area (Å²) in [6.07, 6.45) is 5.93. The Morgan fingerprint density at radius 1 is 1.39 bits per heavy atom. The van der Waals surface area contributed by atoms with Crippen LogP contribution in [-0.4, -0.2) is 5.16 Å². The van der Waals surface area contributed by atoms with E-state index in [2.05, 4.69) is 5.16 Å². The largest absolute Gasteiger partial charge is 0.360 e. The van der Waals surface area contributed by atoms with Gasteiger partial charge in [-0.2, -0.15) is 0 Å². The lowest BCUT2D eigenvalue weighted by atomic mass is 9.99. The van der Waals surface area contributed by atoms with Crippen LogP contribution in [-0.2, 0) is 6.54 Å². The average Bonchev–Trinajstić information content (AvgIpc) is 3.10. The van der Waals surface area contributed by atoms with Crippen molar-refractivity contribution in [1.82, 2.24) is 5.16 Å². The molecule has 0 atom stereocenters. The number of hydrogen-bond donors (Lipinski definition) is 1. The molecule has 0 saturated heterocycles. The highest BCUT2D eigenvalue weighted by molar-refractivity contribution is 6.42. The van der Waals surface area contributed by atoms with Gasteiger partial charge >= 0.3 is 0 Å². The zero-order chi connectivity index (χ0) is 12.7. The molecule has 2 aliphatic carbocycles. The molecule has 0 aromatic carbocycles. The lowest BCUT2D eigenvalue weighted by molar-refractivity contribution is 0.381. The summed E-state index contributed by atoms with van der Waals surface area (Å²) >= 11 is 12.5. The quantitative estimate of drug-likeness (QED) is 0.917. The standard InChI is InChI=1S/C13H14Cl2N2O/c14-9-2-1-3-10(15)11(9)12-8(6-16)13(18-17-12)7-4-5-7/h2,7H,1,3-6,16H2. The summed E-state index contributed by atoms with van der Waals surface area (Å²) in [7, 11) is 0. The maximum Gasteiger partial charge on any atom is 0.144 e. The highest BCUT2D eigenvalue weighted by Gasteiger charge is 2.33. The molecule has 0 bridgehead atoms. The topological polar surface area (TPSA) is 52.0 Å². The molecule has 2 N–H and O–H groups in total. The van der Waals surface area contributed by atoms with Gasteiger partial charge in [-0.15, -0.1) is 0 Å². The van der Waals surface area contributed by atoms with E-state index < -0.39 is 0 Å². The minimum atomic E-state index is 0.405. The summed E-state index contributed by atoms with van der Waals surface area (Å²) in [5.74, 6) is 1.40. The zero-order valence-corrected chi connectivity index (χ0v) is 11.4. The summed E-state index contributed by atoms with van der Waals surface area (Å²) in [6, 6.07) is 0. The highest BCUT2D eigenvalue weighted by atomic mass is 35.5. The molecule has 18 heavy (non-hydrogen) atoms. The van der Waals surface area contributed by atoms with Crippen LogP contribution in [0.15, 0.2) is 20.7 Å². The number of nitrogens with two attached hydrogens (primary N) is 1. The molecule has 2 aliphatic rings. The second-order valence-corrected chi connectivity index (χ2v) is 5.59. The maximum absolute atomic E-state index is 6.28. The van der Waals surface area contributed by atoms with Gasteiger partial charge in [0.25, 0.3) is 0 Å². The van der Waals surface area contributed by atoms with E-state index in [0.29, 0.717) is 17.5 Å². The monoisotopic (exact) mass is 284 g/mol. The zero-order valence-electron chi connectivity index (χ0n) is 9.88. The first-order chi connectivity index (χ1) is 8.72. The number of nitrogens with zero attached hydrogens (tertiary/aromatic N) is 1. The Morgan fingerprint density at radius 3 is 2.78 bits per heavy atom. The number of aromatic nitrogens is 1. The van der Waals surface area contributed by atoms with Crippen LogP contribution in [0.1, 0.15) is 48.6 Å². The minimum Gasteiger partial charge on any atom is -0.360 e. The molecule has 3 rings (SSSR count). The van der Waals surface area contributed by atoms with Crippen molar-refractivity contribution in [3.8, 4) is 0 Å². The molecule has 0 amide bonds. The van der Waals surface area contributed by atoms with Crippen molar-refractivity contribution < 1.29 is 4.52 Å². The predicted molar refractivity (Wildman–Crippen MR) is 72.3 cm³/mol. The van der Waals surface area contributed by atoms with E-state index in [1.807, 2.05) is 6.08 Å². The fourth-order valence-corrected chi connectivity index (χ4v) is 2.97. The Labute approximate surface area is 116 Å². The molecule has 1 heterocycles. The van der Waals surface area contributed by atoms with E-state index >= 15 is 0 Å². The van der Waals surface area contributed by atoms with Gasteiger partial charge in [0, 0.05) is 33.7 Å². The number of hydrogen-bond acceptors (Lipinski definition) is 3. The molecule has 3 nitrogen and oxygen atoms in total. The first kappa shape index (κ1) is 12.3. The molecule has 1 fully saturated rings. The first-order valence-electron chi connectivity index (χ1n) is 6.16. The SMILES string of the molecule is NCc1c(C2=C(Cl)CCC=C2Cl)noc1C1CC1. The lowest BCUT2D eigenvalue weighted by Gasteiger charge is -2.13. The van der Waals surface area contributed by atoms with Gasteiger partial charge in [-0.3, -0.25) is 0 Å². The van der Waals surface area contributed by atoms with Gasteiger partial charge in [-0.05, 0) is 25.7 Å². The van der Waals surface area contributed by atoms with Gasteiger partial charge in [0.1, 0.15) is 11.5 Å². The Balaban J connectivity index is 2.09. The van der Waals surface area contributed by atoms with Gasteiger partial charge in [-0.1, -0.05) is 34.4 Å². The Hall–Kier alpha value is -0.770. The van der Waals surface area contributed by atoms with Crippen molar-refractivity contribution in [3.63, 3.8) is 0 Å². The van der Waals surface area contributed by atoms with Crippen LogP contribution in [0.2, 0.25) is 0 Å². The molecule has 1 aromatic heterocycles. The van der Waals surface area contributed by atoms with Gasteiger partial charge < -0.3 is 10.3 Å². The second-order valence-electron chi connectivity index (χ2n) is 4.72. The summed E-state index contributed by atoms with van der Waals surface area (Å²) in [5, 5.41) is 5.54. The second kappa shape index (κ2) is 4.72. The fraction of sp³-hybridized carbons (Fsp3) is 0.462. The van der Waals surface area contributed by atoms with Gasteiger partial charge in [0.15, 0.2) is 0 Å². The van der Waals surface area contributed by atoms with Crippen LogP contribution < -0.4 is 5.73 Å². The van der Waals surface area contributed by atoms with E-state index in [1.54, 1.807) is 0 Å². The molecular formula is C13H14Cl2N2O. The third-order valence-electron chi connectivity index (χ3n) is 3.41. The molecule has 0 unspecified atom stereocenters. The van der Waals surface area contributed by atoms with Crippen molar-refractivity contribution in [3.05, 3.63) is 33.2 Å². The Bertz CT molecular complexity index is 541. The Kier molecular flexibility index (Phi) is 3.22. The molecule has 1 aromatic rings. The molecule has 0 spiro atoms. The van der Waals surface area contributed by atoms with E-state index in [-0.39, 0.29) is 0 Å². The number of allylic oxidation sites excluding steroid dienone is 4. The third kappa shape index (κ3) is 2.00. The third-order valence-corrected chi connectivity index (χ3v) is 4.13. The maximum atomic E-state index is 6.28. The van der Waals surface area contributed by atoms with E-state index in [0.717, 1.165) is 53.3 Å². The van der Waals surface area contributed by atoms with Crippen molar-refractivity contribution in [2.45, 2.75) is 38.1 Å². The van der Waals surface area contributed by atoms with Crippen LogP contribution in [0.4, 0.5) is 0 Å². The smallest absolute Gasteiger partial charge is 0.144 e. The van der Waals surface area contributed by atoms with Crippen molar-refractivity contribution in [2.75, 3.05) is 0 Å². The van der Waals surface area contributed by atoms with Crippen LogP contribution >= 0.6 is 23.2 Å². The molecule has 0 radical (unpaired) electrons. The normalized spacial score (nSPS) is 20.3. The number of rotatable bonds is 3. The van der Waals surface area contributed by atoms with Gasteiger partial charge in [0.05, 0.1) is 0 Å². The molecule has 1 saturated carbocycles. The lowest BCUT2D eigenvalue weighted by Crippen LogP contribution is -2.04. The predicted octanol–water partition coefficient (Wildman–Crippen LogP) is 3.88. The summed E-state index contributed by atoms with van der Waals surface area (Å²) < 4.78 is 5.45. The molecule has 0 aliphatic heterocycles. The van der Waals surface area contributed by atoms with E-state index in [9.17, 15) is 0 Å². The first-order valence-corrected chi connectivity index (χ1v) is 6.91. The summed E-state index contributed by atoms with van der Waals surface area (Å²) in [5.41, 5.74) is 8.31. The van der Waals surface area contributed by atoms with Crippen molar-refractivity contribution in [1.29, 1.82) is 0 Å². The van der Waals surface area contributed by atoms with Crippen molar-refractivity contribution >= 4 is 28.8 Å². The van der Waals surface area contributed by atoms with Crippen LogP contribution in [0, 0.1) is 0 Å². The molecule has 5 heteroatoms. The van der Waals surface area contributed by atoms with Gasteiger partial charge in [0.2, 0.25) is 0 Å². The van der Waals surface area contributed by atoms with Gasteiger partial charge in [-0.25, -0.2) is 0 Å². The fourth-order valence-electron chi connectivity index (χ4n) is 2.31. The van der Waals surface area contributed by atoms with E-state index in [4.69, 9.17) is 33.5 Å². The van der Waals surface area contributed by atoms with E-state index in [1.165, 1.54) is 0 Å². The summed E-state index contributed by atoms with van der Waals surface area (Å²) in [6.45, 7) is 0.405. The summed E-state index contributed by atoms with van der Waals surface area (Å²) in [4.78, 5) is 0. The minimum absolute atomic E-state index is 0.405. The van der Waals surface area contributed by atoms with Crippen LogP contribution in [0.5, 0.6) is 0 Å². The number of halogens is 2. The molecular weight excluding hydrogens is 271 g/mol. The van der Waals surface area contributed by atoms with Crippen LogP contribution in [0.3, 0.4) is 0 Å². The van der Waals surface area contributed by atoms with Crippen LogP contribution in [0.25, 0.3) is 5.57 Å². The van der Waals surface area contributed by atoms with Crippen molar-refractivity contribution in [2.24, 2.45) is 5.73 Å². The Morgan fingerprint density at radius 2 is 2.17 bits per heavy atom. The molecule has 96 valence electrons. The average molecular weight is 285 g/mol. The highest BCUT2D eigenvalue weighted by Crippen LogP contribution is 2.45.